The quantitative estimate of drug-likeness (QED) is 0.470. The van der Waals surface area contributed by atoms with Crippen molar-refractivity contribution in [1.29, 1.82) is 0 Å². The molecule has 14 heteroatoms. The molecule has 0 unspecified atom stereocenters. The number of para-hydroxylation sites is 1. The highest BCUT2D eigenvalue weighted by Gasteiger charge is 2.43. The smallest absolute Gasteiger partial charge is 0.404 e. The first-order valence-electron chi connectivity index (χ1n) is 10.6. The van der Waals surface area contributed by atoms with Crippen LogP contribution in [-0.2, 0) is 23.1 Å². The first-order valence-corrected chi connectivity index (χ1v) is 12.0. The highest BCUT2D eigenvalue weighted by molar-refractivity contribution is 7.94. The van der Waals surface area contributed by atoms with E-state index in [4.69, 9.17) is 14.6 Å². The molecule has 0 atom stereocenters. The SMILES string of the molecule is COc1cc(F)c(CN2C(=O)N(c3ccc(OC)c(CNC(=O)O)n3)S(=O)(=O)c3ccccc32)c(F)c1. The number of benzene rings is 2. The average Bonchev–Trinajstić information content (AvgIpc) is 2.86. The van der Waals surface area contributed by atoms with E-state index < -0.39 is 45.9 Å². The molecule has 4 rings (SSSR count). The molecule has 1 aliphatic rings. The predicted molar refractivity (Wildman–Crippen MR) is 126 cm³/mol. The third-order valence-corrected chi connectivity index (χ3v) is 7.22. The Hall–Kier alpha value is -4.46. The van der Waals surface area contributed by atoms with Gasteiger partial charge in [-0.15, -0.1) is 0 Å². The zero-order chi connectivity index (χ0) is 26.9. The van der Waals surface area contributed by atoms with E-state index in [0.29, 0.717) is 4.31 Å². The Morgan fingerprint density at radius 2 is 1.76 bits per heavy atom. The van der Waals surface area contributed by atoms with Crippen LogP contribution < -0.4 is 24.0 Å². The molecule has 0 aliphatic carbocycles. The van der Waals surface area contributed by atoms with Gasteiger partial charge in [-0.2, -0.15) is 4.31 Å². The van der Waals surface area contributed by atoms with Crippen molar-refractivity contribution in [3.63, 3.8) is 0 Å². The van der Waals surface area contributed by atoms with Crippen LogP contribution in [0, 0.1) is 11.6 Å². The summed E-state index contributed by atoms with van der Waals surface area (Å²) in [5.74, 6) is -2.29. The number of hydrogen-bond acceptors (Lipinski definition) is 7. The maximum atomic E-state index is 14.7. The molecular formula is C23H20F2N4O7S. The minimum Gasteiger partial charge on any atom is -0.497 e. The first-order chi connectivity index (χ1) is 17.6. The second-order valence-electron chi connectivity index (χ2n) is 7.65. The van der Waals surface area contributed by atoms with Crippen molar-refractivity contribution in [2.45, 2.75) is 18.0 Å². The Kier molecular flexibility index (Phi) is 6.85. The van der Waals surface area contributed by atoms with Gasteiger partial charge < -0.3 is 19.9 Å². The molecule has 2 heterocycles. The third kappa shape index (κ3) is 4.70. The fraction of sp³-hybridized carbons (Fsp3) is 0.174. The van der Waals surface area contributed by atoms with Crippen molar-refractivity contribution < 1.29 is 41.4 Å². The summed E-state index contributed by atoms with van der Waals surface area (Å²) in [5.41, 5.74) is -0.570. The summed E-state index contributed by atoms with van der Waals surface area (Å²) >= 11 is 0. The van der Waals surface area contributed by atoms with Crippen LogP contribution in [0.1, 0.15) is 11.3 Å². The fourth-order valence-corrected chi connectivity index (χ4v) is 5.30. The molecule has 2 N–H and O–H groups in total. The van der Waals surface area contributed by atoms with Gasteiger partial charge in [0, 0.05) is 17.7 Å². The molecule has 3 amide bonds. The number of anilines is 2. The molecule has 0 saturated carbocycles. The number of hydrogen-bond donors (Lipinski definition) is 2. The summed E-state index contributed by atoms with van der Waals surface area (Å²) in [5, 5.41) is 11.0. The van der Waals surface area contributed by atoms with Gasteiger partial charge in [0.1, 0.15) is 33.7 Å². The van der Waals surface area contributed by atoms with E-state index in [1.807, 2.05) is 0 Å². The molecule has 0 radical (unpaired) electrons. The van der Waals surface area contributed by atoms with Crippen LogP contribution in [0.25, 0.3) is 0 Å². The number of amides is 3. The number of urea groups is 1. The Labute approximate surface area is 209 Å². The van der Waals surface area contributed by atoms with E-state index in [0.717, 1.165) is 17.0 Å². The standard InChI is InChI=1S/C23H20F2N4O7S/c1-35-13-9-15(24)14(16(25)10-13)12-28-18-5-3-4-6-20(18)37(33,34)29(23(28)32)21-8-7-19(36-2)17(27-21)11-26-22(30)31/h3-10,26H,11-12H2,1-2H3,(H,30,31). The molecule has 1 aromatic heterocycles. The van der Waals surface area contributed by atoms with Gasteiger partial charge in [0.25, 0.3) is 10.0 Å². The Balaban J connectivity index is 1.84. The van der Waals surface area contributed by atoms with E-state index in [-0.39, 0.29) is 40.1 Å². The number of methoxy groups -OCH3 is 2. The maximum Gasteiger partial charge on any atom is 0.404 e. The van der Waals surface area contributed by atoms with Gasteiger partial charge in [-0.25, -0.2) is 31.8 Å². The van der Waals surface area contributed by atoms with Crippen LogP contribution in [0.15, 0.2) is 53.4 Å². The van der Waals surface area contributed by atoms with Gasteiger partial charge in [0.15, 0.2) is 5.82 Å². The van der Waals surface area contributed by atoms with Gasteiger partial charge in [-0.05, 0) is 24.3 Å². The molecule has 3 aromatic rings. The Bertz CT molecular complexity index is 1480. The predicted octanol–water partition coefficient (Wildman–Crippen LogP) is 3.48. The second-order valence-corrected chi connectivity index (χ2v) is 9.41. The number of rotatable bonds is 7. The number of sulfonamides is 1. The number of nitrogens with zero attached hydrogens (tertiary/aromatic N) is 3. The second kappa shape index (κ2) is 9.89. The summed E-state index contributed by atoms with van der Waals surface area (Å²) < 4.78 is 66.9. The molecule has 1 aliphatic heterocycles. The Morgan fingerprint density at radius 3 is 2.38 bits per heavy atom. The van der Waals surface area contributed by atoms with Crippen molar-refractivity contribution in [2.24, 2.45) is 0 Å². The minimum atomic E-state index is -4.51. The lowest BCUT2D eigenvalue weighted by molar-refractivity contribution is 0.193. The summed E-state index contributed by atoms with van der Waals surface area (Å²) in [7, 11) is -1.97. The zero-order valence-corrected chi connectivity index (χ0v) is 20.3. The Morgan fingerprint density at radius 1 is 1.08 bits per heavy atom. The zero-order valence-electron chi connectivity index (χ0n) is 19.4. The van der Waals surface area contributed by atoms with Crippen LogP contribution >= 0.6 is 0 Å². The number of halogens is 2. The van der Waals surface area contributed by atoms with Crippen LogP contribution in [0.5, 0.6) is 11.5 Å². The molecular weight excluding hydrogens is 514 g/mol. The maximum absolute atomic E-state index is 14.7. The normalized spacial score (nSPS) is 14.2. The summed E-state index contributed by atoms with van der Waals surface area (Å²) in [6.45, 7) is -0.996. The van der Waals surface area contributed by atoms with E-state index in [1.54, 1.807) is 0 Å². The van der Waals surface area contributed by atoms with E-state index >= 15 is 0 Å². The average molecular weight is 534 g/mol. The first kappa shape index (κ1) is 25.6. The fourth-order valence-electron chi connectivity index (χ4n) is 3.75. The number of ether oxygens (including phenoxy) is 2. The molecule has 0 bridgehead atoms. The molecule has 0 saturated heterocycles. The number of carboxylic acid groups (broad SMARTS) is 1. The van der Waals surface area contributed by atoms with E-state index in [9.17, 15) is 26.8 Å². The molecule has 37 heavy (non-hydrogen) atoms. The monoisotopic (exact) mass is 534 g/mol. The van der Waals surface area contributed by atoms with Crippen LogP contribution in [0.2, 0.25) is 0 Å². The van der Waals surface area contributed by atoms with Crippen LogP contribution in [-0.4, -0.2) is 44.9 Å². The topological polar surface area (TPSA) is 138 Å². The summed E-state index contributed by atoms with van der Waals surface area (Å²) in [6, 6.07) is 8.74. The summed E-state index contributed by atoms with van der Waals surface area (Å²) in [4.78, 5) is 29.3. The lowest BCUT2D eigenvalue weighted by Gasteiger charge is -2.36. The number of carbonyl (C=O) groups excluding carboxylic acids is 1. The lowest BCUT2D eigenvalue weighted by atomic mass is 10.1. The van der Waals surface area contributed by atoms with E-state index in [1.165, 1.54) is 50.6 Å². The highest BCUT2D eigenvalue weighted by Crippen LogP contribution is 2.38. The van der Waals surface area contributed by atoms with Crippen molar-refractivity contribution >= 4 is 33.7 Å². The lowest BCUT2D eigenvalue weighted by Crippen LogP contribution is -2.51. The van der Waals surface area contributed by atoms with Gasteiger partial charge >= 0.3 is 12.1 Å². The van der Waals surface area contributed by atoms with Crippen molar-refractivity contribution in [3.05, 3.63) is 71.4 Å². The molecule has 0 spiro atoms. The largest absolute Gasteiger partial charge is 0.497 e. The number of nitrogens with one attached hydrogen (secondary N) is 1. The number of carbonyl (C=O) groups is 2. The van der Waals surface area contributed by atoms with Gasteiger partial charge in [-0.3, -0.25) is 4.90 Å². The van der Waals surface area contributed by atoms with Gasteiger partial charge in [-0.1, -0.05) is 12.1 Å². The third-order valence-electron chi connectivity index (χ3n) is 5.50. The number of pyridine rings is 1. The molecule has 2 aromatic carbocycles. The van der Waals surface area contributed by atoms with E-state index in [2.05, 4.69) is 10.3 Å². The van der Waals surface area contributed by atoms with Gasteiger partial charge in [0.2, 0.25) is 0 Å². The number of aromatic nitrogens is 1. The van der Waals surface area contributed by atoms with Crippen LogP contribution in [0.3, 0.4) is 0 Å². The van der Waals surface area contributed by atoms with Crippen molar-refractivity contribution in [3.8, 4) is 11.5 Å². The van der Waals surface area contributed by atoms with Gasteiger partial charge in [0.05, 0.1) is 33.0 Å². The van der Waals surface area contributed by atoms with Crippen molar-refractivity contribution in [1.82, 2.24) is 10.3 Å². The molecule has 0 fully saturated rings. The van der Waals surface area contributed by atoms with Crippen LogP contribution in [0.4, 0.5) is 29.9 Å². The molecule has 11 nitrogen and oxygen atoms in total. The highest BCUT2D eigenvalue weighted by atomic mass is 32.2. The molecule has 194 valence electrons. The number of fused-ring (bicyclic) bond motifs is 1. The van der Waals surface area contributed by atoms with Crippen molar-refractivity contribution in [2.75, 3.05) is 23.4 Å². The summed E-state index contributed by atoms with van der Waals surface area (Å²) in [6.07, 6.45) is -1.36. The minimum absolute atomic E-state index is 0.00283.